The van der Waals surface area contributed by atoms with Crippen LogP contribution in [0.1, 0.15) is 23.9 Å². The summed E-state index contributed by atoms with van der Waals surface area (Å²) in [5.41, 5.74) is 5.06. The highest BCUT2D eigenvalue weighted by molar-refractivity contribution is 5.76. The van der Waals surface area contributed by atoms with Gasteiger partial charge in [0.15, 0.2) is 0 Å². The Kier molecular flexibility index (Phi) is 3.79. The number of aryl methyl sites for hydroxylation is 1. The standard InChI is InChI=1S/C15H19N3O2/c1-9-10(2)17-18(12(9)4)14-7-5-13(6-8-14)16-11(3)15(19)20/h5-8,11,16H,1-4H3,(H,19,20). The van der Waals surface area contributed by atoms with E-state index in [9.17, 15) is 4.79 Å². The topological polar surface area (TPSA) is 67.2 Å². The molecule has 2 aromatic rings. The zero-order valence-corrected chi connectivity index (χ0v) is 12.1. The van der Waals surface area contributed by atoms with Crippen LogP contribution in [0.2, 0.25) is 0 Å². The highest BCUT2D eigenvalue weighted by atomic mass is 16.4. The predicted molar refractivity (Wildman–Crippen MR) is 78.5 cm³/mol. The minimum Gasteiger partial charge on any atom is -0.480 e. The van der Waals surface area contributed by atoms with Crippen LogP contribution in [0, 0.1) is 20.8 Å². The maximum absolute atomic E-state index is 10.8. The summed E-state index contributed by atoms with van der Waals surface area (Å²) in [6.07, 6.45) is 0. The fourth-order valence-corrected chi connectivity index (χ4v) is 1.98. The second-order valence-corrected chi connectivity index (χ2v) is 4.96. The number of hydrogen-bond donors (Lipinski definition) is 2. The molecule has 2 rings (SSSR count). The molecule has 1 aromatic carbocycles. The summed E-state index contributed by atoms with van der Waals surface area (Å²) in [4.78, 5) is 10.8. The molecule has 0 amide bonds. The van der Waals surface area contributed by atoms with E-state index >= 15 is 0 Å². The minimum atomic E-state index is -0.872. The first kappa shape index (κ1) is 14.1. The molecule has 0 bridgehead atoms. The molecule has 1 aromatic heterocycles. The maximum atomic E-state index is 10.8. The number of nitrogens with one attached hydrogen (secondary N) is 1. The lowest BCUT2D eigenvalue weighted by Crippen LogP contribution is -2.25. The monoisotopic (exact) mass is 273 g/mol. The lowest BCUT2D eigenvalue weighted by Gasteiger charge is -2.11. The lowest BCUT2D eigenvalue weighted by atomic mass is 10.2. The molecule has 1 unspecified atom stereocenters. The molecule has 0 aliphatic heterocycles. The summed E-state index contributed by atoms with van der Waals surface area (Å²) in [6.45, 7) is 7.69. The highest BCUT2D eigenvalue weighted by Crippen LogP contribution is 2.19. The Balaban J connectivity index is 2.24. The van der Waals surface area contributed by atoms with Gasteiger partial charge < -0.3 is 10.4 Å². The zero-order chi connectivity index (χ0) is 14.9. The highest BCUT2D eigenvalue weighted by Gasteiger charge is 2.11. The number of anilines is 1. The van der Waals surface area contributed by atoms with Crippen LogP contribution in [0.25, 0.3) is 5.69 Å². The van der Waals surface area contributed by atoms with Crippen LogP contribution in [0.5, 0.6) is 0 Å². The molecule has 2 N–H and O–H groups in total. The van der Waals surface area contributed by atoms with E-state index in [-0.39, 0.29) is 0 Å². The van der Waals surface area contributed by atoms with Gasteiger partial charge in [-0.15, -0.1) is 0 Å². The van der Waals surface area contributed by atoms with Crippen molar-refractivity contribution >= 4 is 11.7 Å². The van der Waals surface area contributed by atoms with Crippen LogP contribution < -0.4 is 5.32 Å². The third-order valence-corrected chi connectivity index (χ3v) is 3.52. The molecule has 0 fully saturated rings. The average Bonchev–Trinajstić information content (AvgIpc) is 2.67. The third kappa shape index (κ3) is 2.66. The van der Waals surface area contributed by atoms with E-state index in [0.29, 0.717) is 0 Å². The summed E-state index contributed by atoms with van der Waals surface area (Å²) in [7, 11) is 0. The molecule has 1 heterocycles. The van der Waals surface area contributed by atoms with Crippen LogP contribution >= 0.6 is 0 Å². The molecule has 5 nitrogen and oxygen atoms in total. The van der Waals surface area contributed by atoms with Gasteiger partial charge in [-0.05, 0) is 57.5 Å². The Labute approximate surface area is 118 Å². The largest absolute Gasteiger partial charge is 0.480 e. The van der Waals surface area contributed by atoms with Gasteiger partial charge in [0, 0.05) is 11.4 Å². The Morgan fingerprint density at radius 2 is 1.85 bits per heavy atom. The Morgan fingerprint density at radius 3 is 2.30 bits per heavy atom. The van der Waals surface area contributed by atoms with Crippen molar-refractivity contribution in [3.8, 4) is 5.69 Å². The zero-order valence-electron chi connectivity index (χ0n) is 12.1. The second kappa shape index (κ2) is 5.36. The first-order chi connectivity index (χ1) is 9.40. The molecule has 0 aliphatic rings. The van der Waals surface area contributed by atoms with Gasteiger partial charge in [-0.2, -0.15) is 5.10 Å². The molecule has 1 atom stereocenters. The molecule has 5 heteroatoms. The van der Waals surface area contributed by atoms with E-state index in [4.69, 9.17) is 5.11 Å². The van der Waals surface area contributed by atoms with Gasteiger partial charge in [-0.1, -0.05) is 0 Å². The van der Waals surface area contributed by atoms with Gasteiger partial charge >= 0.3 is 5.97 Å². The molecule has 0 radical (unpaired) electrons. The van der Waals surface area contributed by atoms with Crippen LogP contribution in [0.15, 0.2) is 24.3 Å². The van der Waals surface area contributed by atoms with Gasteiger partial charge in [0.05, 0.1) is 11.4 Å². The van der Waals surface area contributed by atoms with Gasteiger partial charge in [-0.3, -0.25) is 4.79 Å². The molecule has 106 valence electrons. The normalized spacial score (nSPS) is 12.2. The SMILES string of the molecule is Cc1nn(-c2ccc(NC(C)C(=O)O)cc2)c(C)c1C. The van der Waals surface area contributed by atoms with Crippen LogP contribution in [-0.2, 0) is 4.79 Å². The molecule has 20 heavy (non-hydrogen) atoms. The van der Waals surface area contributed by atoms with Crippen molar-refractivity contribution in [2.75, 3.05) is 5.32 Å². The van der Waals surface area contributed by atoms with Crippen molar-refractivity contribution in [3.05, 3.63) is 41.2 Å². The average molecular weight is 273 g/mol. The van der Waals surface area contributed by atoms with E-state index in [2.05, 4.69) is 17.3 Å². The lowest BCUT2D eigenvalue weighted by molar-refractivity contribution is -0.137. The van der Waals surface area contributed by atoms with Crippen LogP contribution in [-0.4, -0.2) is 26.9 Å². The van der Waals surface area contributed by atoms with Gasteiger partial charge in [0.25, 0.3) is 0 Å². The Hall–Kier alpha value is -2.30. The number of carboxylic acids is 1. The summed E-state index contributed by atoms with van der Waals surface area (Å²) >= 11 is 0. The maximum Gasteiger partial charge on any atom is 0.325 e. The molecular weight excluding hydrogens is 254 g/mol. The van der Waals surface area contributed by atoms with Crippen molar-refractivity contribution in [3.63, 3.8) is 0 Å². The molecule has 0 aliphatic carbocycles. The number of rotatable bonds is 4. The fraction of sp³-hybridized carbons (Fsp3) is 0.333. The smallest absolute Gasteiger partial charge is 0.325 e. The molecular formula is C15H19N3O2. The van der Waals surface area contributed by atoms with Crippen molar-refractivity contribution in [1.29, 1.82) is 0 Å². The Morgan fingerprint density at radius 1 is 1.25 bits per heavy atom. The molecule has 0 spiro atoms. The number of hydrogen-bond acceptors (Lipinski definition) is 3. The summed E-state index contributed by atoms with van der Waals surface area (Å²) in [5.74, 6) is -0.872. The quantitative estimate of drug-likeness (QED) is 0.898. The number of carboxylic acid groups (broad SMARTS) is 1. The van der Waals surface area contributed by atoms with Gasteiger partial charge in [-0.25, -0.2) is 4.68 Å². The van der Waals surface area contributed by atoms with Gasteiger partial charge in [0.2, 0.25) is 0 Å². The number of nitrogens with zero attached hydrogens (tertiary/aromatic N) is 2. The number of benzene rings is 1. The van der Waals surface area contributed by atoms with E-state index in [1.165, 1.54) is 5.56 Å². The van der Waals surface area contributed by atoms with Crippen LogP contribution in [0.3, 0.4) is 0 Å². The van der Waals surface area contributed by atoms with Gasteiger partial charge in [0.1, 0.15) is 6.04 Å². The van der Waals surface area contributed by atoms with Crippen molar-refractivity contribution < 1.29 is 9.90 Å². The number of carbonyl (C=O) groups is 1. The van der Waals surface area contributed by atoms with Crippen molar-refractivity contribution in [2.24, 2.45) is 0 Å². The van der Waals surface area contributed by atoms with E-state index < -0.39 is 12.0 Å². The third-order valence-electron chi connectivity index (χ3n) is 3.52. The summed E-state index contributed by atoms with van der Waals surface area (Å²) in [5, 5.41) is 16.3. The van der Waals surface area contributed by atoms with Crippen molar-refractivity contribution in [1.82, 2.24) is 9.78 Å². The van der Waals surface area contributed by atoms with E-state index in [0.717, 1.165) is 22.8 Å². The first-order valence-corrected chi connectivity index (χ1v) is 6.52. The van der Waals surface area contributed by atoms with E-state index in [1.54, 1.807) is 6.92 Å². The fourth-order valence-electron chi connectivity index (χ4n) is 1.98. The summed E-state index contributed by atoms with van der Waals surface area (Å²) < 4.78 is 1.90. The van der Waals surface area contributed by atoms with Crippen LogP contribution in [0.4, 0.5) is 5.69 Å². The Bertz CT molecular complexity index is 629. The summed E-state index contributed by atoms with van der Waals surface area (Å²) in [6, 6.07) is 6.96. The number of aromatic nitrogens is 2. The van der Waals surface area contributed by atoms with E-state index in [1.807, 2.05) is 42.8 Å². The molecule has 0 saturated carbocycles. The number of aliphatic carboxylic acids is 1. The molecule has 0 saturated heterocycles. The first-order valence-electron chi connectivity index (χ1n) is 6.52. The second-order valence-electron chi connectivity index (χ2n) is 4.96. The van der Waals surface area contributed by atoms with Crippen molar-refractivity contribution in [2.45, 2.75) is 33.7 Å². The minimum absolute atomic E-state index is 0.614. The predicted octanol–water partition coefficient (Wildman–Crippen LogP) is 2.68.